The number of benzene rings is 2. The summed E-state index contributed by atoms with van der Waals surface area (Å²) in [5.74, 6) is 0.217. The first kappa shape index (κ1) is 12.9. The van der Waals surface area contributed by atoms with Gasteiger partial charge >= 0.3 is 0 Å². The lowest BCUT2D eigenvalue weighted by molar-refractivity contribution is -0.384. The van der Waals surface area contributed by atoms with Gasteiger partial charge in [-0.05, 0) is 17.7 Å². The van der Waals surface area contributed by atoms with E-state index in [2.05, 4.69) is 5.16 Å². The highest BCUT2D eigenvalue weighted by Gasteiger charge is 2.17. The predicted molar refractivity (Wildman–Crippen MR) is 78.4 cm³/mol. The number of nitrogen functional groups attached to an aromatic ring is 1. The van der Waals surface area contributed by atoms with Crippen LogP contribution in [-0.4, -0.2) is 10.1 Å². The number of aromatic nitrogens is 1. The average Bonchev–Trinajstić information content (AvgIpc) is 2.90. The molecule has 0 spiro atoms. The van der Waals surface area contributed by atoms with Crippen LogP contribution < -0.4 is 5.73 Å². The van der Waals surface area contributed by atoms with Crippen molar-refractivity contribution in [2.24, 2.45) is 0 Å². The second kappa shape index (κ2) is 5.09. The Hall–Kier alpha value is -3.15. The van der Waals surface area contributed by atoms with Crippen LogP contribution in [0.5, 0.6) is 0 Å². The highest BCUT2D eigenvalue weighted by Crippen LogP contribution is 2.36. The van der Waals surface area contributed by atoms with E-state index in [1.165, 1.54) is 12.1 Å². The van der Waals surface area contributed by atoms with Crippen LogP contribution in [0, 0.1) is 10.1 Å². The van der Waals surface area contributed by atoms with Gasteiger partial charge in [0.15, 0.2) is 0 Å². The molecule has 1 aromatic heterocycles. The van der Waals surface area contributed by atoms with Crippen LogP contribution in [0.15, 0.2) is 59.1 Å². The van der Waals surface area contributed by atoms with Crippen LogP contribution in [0.3, 0.4) is 0 Å². The number of nitrogens with two attached hydrogens (primary N) is 1. The first-order valence-electron chi connectivity index (χ1n) is 6.22. The van der Waals surface area contributed by atoms with Crippen LogP contribution >= 0.6 is 0 Å². The van der Waals surface area contributed by atoms with Crippen LogP contribution in [0.4, 0.5) is 11.6 Å². The molecule has 3 rings (SSSR count). The third-order valence-corrected chi connectivity index (χ3v) is 3.13. The van der Waals surface area contributed by atoms with E-state index in [0.717, 1.165) is 5.56 Å². The topological polar surface area (TPSA) is 95.2 Å². The van der Waals surface area contributed by atoms with E-state index in [0.29, 0.717) is 16.8 Å². The third-order valence-electron chi connectivity index (χ3n) is 3.13. The minimum atomic E-state index is -0.445. The fourth-order valence-electron chi connectivity index (χ4n) is 2.12. The number of hydrogen-bond donors (Lipinski definition) is 1. The number of nitrogens with zero attached hydrogens (tertiary/aromatic N) is 2. The van der Waals surface area contributed by atoms with Gasteiger partial charge in [0.2, 0.25) is 5.88 Å². The summed E-state index contributed by atoms with van der Waals surface area (Å²) >= 11 is 0. The van der Waals surface area contributed by atoms with E-state index < -0.39 is 4.92 Å². The molecule has 0 fully saturated rings. The van der Waals surface area contributed by atoms with E-state index in [-0.39, 0.29) is 11.6 Å². The van der Waals surface area contributed by atoms with Crippen LogP contribution in [0.1, 0.15) is 0 Å². The van der Waals surface area contributed by atoms with Gasteiger partial charge in [-0.1, -0.05) is 35.5 Å². The second-order valence-electron chi connectivity index (χ2n) is 4.44. The molecule has 6 nitrogen and oxygen atoms in total. The molecule has 0 unspecified atom stereocenters. The second-order valence-corrected chi connectivity index (χ2v) is 4.44. The molecule has 0 saturated heterocycles. The minimum Gasteiger partial charge on any atom is -0.367 e. The van der Waals surface area contributed by atoms with E-state index in [9.17, 15) is 10.1 Å². The molecule has 0 amide bonds. The molecule has 0 bridgehead atoms. The van der Waals surface area contributed by atoms with Crippen LogP contribution in [-0.2, 0) is 0 Å². The monoisotopic (exact) mass is 281 g/mol. The molecule has 6 heteroatoms. The summed E-state index contributed by atoms with van der Waals surface area (Å²) in [6.07, 6.45) is 0. The molecule has 0 saturated carbocycles. The van der Waals surface area contributed by atoms with Crippen molar-refractivity contribution < 1.29 is 9.45 Å². The Balaban J connectivity index is 2.10. The van der Waals surface area contributed by atoms with Crippen LogP contribution in [0.2, 0.25) is 0 Å². The maximum atomic E-state index is 10.7. The van der Waals surface area contributed by atoms with Gasteiger partial charge in [0, 0.05) is 17.7 Å². The Morgan fingerprint density at radius 3 is 2.29 bits per heavy atom. The Bertz CT molecular complexity index is 780. The number of nitro groups is 1. The van der Waals surface area contributed by atoms with Gasteiger partial charge in [0.05, 0.1) is 10.5 Å². The molecule has 0 aliphatic rings. The molecular formula is C15H11N3O3. The number of anilines is 1. The van der Waals surface area contributed by atoms with E-state index in [1.54, 1.807) is 12.1 Å². The lowest BCUT2D eigenvalue weighted by Crippen LogP contribution is -1.89. The van der Waals surface area contributed by atoms with Gasteiger partial charge in [-0.25, -0.2) is 0 Å². The van der Waals surface area contributed by atoms with Crippen molar-refractivity contribution in [1.29, 1.82) is 0 Å². The standard InChI is InChI=1S/C15H11N3O3/c16-15-13(10-4-2-1-3-5-10)14(17-21-15)11-6-8-12(9-7-11)18(19)20/h1-9H,16H2. The fraction of sp³-hybridized carbons (Fsp3) is 0. The van der Waals surface area contributed by atoms with Gasteiger partial charge < -0.3 is 10.3 Å². The molecule has 2 N–H and O–H groups in total. The summed E-state index contributed by atoms with van der Waals surface area (Å²) in [7, 11) is 0. The number of hydrogen-bond acceptors (Lipinski definition) is 5. The van der Waals surface area contributed by atoms with Gasteiger partial charge in [0.1, 0.15) is 5.69 Å². The molecule has 0 radical (unpaired) electrons. The van der Waals surface area contributed by atoms with E-state index in [4.69, 9.17) is 10.3 Å². The highest BCUT2D eigenvalue weighted by molar-refractivity contribution is 5.86. The third kappa shape index (κ3) is 2.34. The lowest BCUT2D eigenvalue weighted by atomic mass is 10.0. The lowest BCUT2D eigenvalue weighted by Gasteiger charge is -2.02. The Labute approximate surface area is 120 Å². The highest BCUT2D eigenvalue weighted by atomic mass is 16.6. The van der Waals surface area contributed by atoms with E-state index in [1.807, 2.05) is 30.3 Å². The Kier molecular flexibility index (Phi) is 3.12. The molecule has 0 aliphatic carbocycles. The maximum absolute atomic E-state index is 10.7. The summed E-state index contributed by atoms with van der Waals surface area (Å²) in [5, 5.41) is 14.7. The minimum absolute atomic E-state index is 0.0245. The quantitative estimate of drug-likeness (QED) is 0.585. The largest absolute Gasteiger partial charge is 0.367 e. The molecular weight excluding hydrogens is 270 g/mol. The fourth-order valence-corrected chi connectivity index (χ4v) is 2.12. The Morgan fingerprint density at radius 1 is 1.00 bits per heavy atom. The molecule has 0 aliphatic heterocycles. The van der Waals surface area contributed by atoms with Crippen molar-refractivity contribution in [3.8, 4) is 22.4 Å². The number of non-ortho nitro benzene ring substituents is 1. The van der Waals surface area contributed by atoms with Crippen molar-refractivity contribution >= 4 is 11.6 Å². The SMILES string of the molecule is Nc1onc(-c2ccc([N+](=O)[O-])cc2)c1-c1ccccc1. The molecule has 2 aromatic carbocycles. The van der Waals surface area contributed by atoms with Crippen molar-refractivity contribution in [1.82, 2.24) is 5.16 Å². The first-order valence-corrected chi connectivity index (χ1v) is 6.22. The number of rotatable bonds is 3. The van der Waals surface area contributed by atoms with E-state index >= 15 is 0 Å². The normalized spacial score (nSPS) is 10.5. The predicted octanol–water partition coefficient (Wildman–Crippen LogP) is 3.50. The average molecular weight is 281 g/mol. The van der Waals surface area contributed by atoms with Gasteiger partial charge in [0.25, 0.3) is 5.69 Å². The van der Waals surface area contributed by atoms with Gasteiger partial charge in [-0.2, -0.15) is 0 Å². The molecule has 1 heterocycles. The zero-order chi connectivity index (χ0) is 14.8. The maximum Gasteiger partial charge on any atom is 0.269 e. The van der Waals surface area contributed by atoms with Crippen molar-refractivity contribution in [2.45, 2.75) is 0 Å². The number of nitro benzene ring substituents is 1. The Morgan fingerprint density at radius 2 is 1.67 bits per heavy atom. The van der Waals surface area contributed by atoms with Crippen molar-refractivity contribution in [3.63, 3.8) is 0 Å². The summed E-state index contributed by atoms with van der Waals surface area (Å²) in [5.41, 5.74) is 8.71. The summed E-state index contributed by atoms with van der Waals surface area (Å²) in [4.78, 5) is 10.2. The molecule has 3 aromatic rings. The summed E-state index contributed by atoms with van der Waals surface area (Å²) in [6.45, 7) is 0. The van der Waals surface area contributed by atoms with Gasteiger partial charge in [-0.3, -0.25) is 10.1 Å². The van der Waals surface area contributed by atoms with Crippen LogP contribution in [0.25, 0.3) is 22.4 Å². The summed E-state index contributed by atoms with van der Waals surface area (Å²) in [6, 6.07) is 15.6. The zero-order valence-electron chi connectivity index (χ0n) is 10.9. The van der Waals surface area contributed by atoms with Crippen molar-refractivity contribution in [2.75, 3.05) is 5.73 Å². The smallest absolute Gasteiger partial charge is 0.269 e. The van der Waals surface area contributed by atoms with Gasteiger partial charge in [-0.15, -0.1) is 0 Å². The molecule has 0 atom stereocenters. The summed E-state index contributed by atoms with van der Waals surface area (Å²) < 4.78 is 5.08. The first-order chi connectivity index (χ1) is 10.2. The van der Waals surface area contributed by atoms with Crippen molar-refractivity contribution in [3.05, 3.63) is 64.7 Å². The molecule has 21 heavy (non-hydrogen) atoms. The molecule has 104 valence electrons. The zero-order valence-corrected chi connectivity index (χ0v) is 10.9.